The van der Waals surface area contributed by atoms with Crippen molar-refractivity contribution in [2.75, 3.05) is 0 Å². The van der Waals surface area contributed by atoms with Gasteiger partial charge in [-0.1, -0.05) is 0 Å². The fraction of sp³-hybridized carbons (Fsp3) is 0.0769. The van der Waals surface area contributed by atoms with E-state index in [0.717, 1.165) is 27.1 Å². The van der Waals surface area contributed by atoms with E-state index in [1.165, 1.54) is 5.56 Å². The third kappa shape index (κ3) is 1.75. The van der Waals surface area contributed by atoms with Crippen molar-refractivity contribution in [1.29, 1.82) is 0 Å². The summed E-state index contributed by atoms with van der Waals surface area (Å²) in [4.78, 5) is 10.4. The Hall–Kier alpha value is -1.50. The van der Waals surface area contributed by atoms with E-state index in [0.29, 0.717) is 0 Å². The summed E-state index contributed by atoms with van der Waals surface area (Å²) in [6.07, 6.45) is 2.06. The van der Waals surface area contributed by atoms with Gasteiger partial charge in [-0.2, -0.15) is 11.3 Å². The average molecular weight is 303 g/mol. The van der Waals surface area contributed by atoms with Crippen LogP contribution in [-0.4, -0.2) is 14.4 Å². The van der Waals surface area contributed by atoms with E-state index in [9.17, 15) is 0 Å². The van der Waals surface area contributed by atoms with Crippen LogP contribution in [0.15, 0.2) is 33.8 Å². The van der Waals surface area contributed by atoms with Crippen molar-refractivity contribution in [2.24, 2.45) is 0 Å². The summed E-state index contributed by atoms with van der Waals surface area (Å²) in [5, 5.41) is 9.41. The molecule has 0 spiro atoms. The molecule has 4 rings (SSSR count). The highest BCUT2D eigenvalue weighted by Crippen LogP contribution is 2.32. The summed E-state index contributed by atoms with van der Waals surface area (Å²) >= 11 is 5.02. The first-order valence-corrected chi connectivity index (χ1v) is 8.44. The lowest BCUT2D eigenvalue weighted by molar-refractivity contribution is 1.21. The van der Waals surface area contributed by atoms with E-state index in [-0.39, 0.29) is 0 Å². The van der Waals surface area contributed by atoms with Crippen molar-refractivity contribution < 1.29 is 0 Å². The second kappa shape index (κ2) is 4.26. The van der Waals surface area contributed by atoms with E-state index in [4.69, 9.17) is 4.98 Å². The molecule has 0 saturated carbocycles. The summed E-state index contributed by atoms with van der Waals surface area (Å²) < 4.78 is 2.12. The highest BCUT2D eigenvalue weighted by molar-refractivity contribution is 7.15. The Morgan fingerprint density at radius 3 is 2.89 bits per heavy atom. The number of thiazole rings is 2. The van der Waals surface area contributed by atoms with Gasteiger partial charge in [0.25, 0.3) is 0 Å². The summed E-state index contributed by atoms with van der Waals surface area (Å²) in [5.74, 6) is 0. The highest BCUT2D eigenvalue weighted by atomic mass is 32.1. The minimum absolute atomic E-state index is 1.03. The Balaban J connectivity index is 1.89. The predicted octanol–water partition coefficient (Wildman–Crippen LogP) is 4.56. The maximum Gasteiger partial charge on any atom is 0.194 e. The third-order valence-electron chi connectivity index (χ3n) is 2.96. The third-order valence-corrected chi connectivity index (χ3v) is 5.25. The molecular weight excluding hydrogens is 294 g/mol. The van der Waals surface area contributed by atoms with Crippen molar-refractivity contribution in [2.45, 2.75) is 6.92 Å². The highest BCUT2D eigenvalue weighted by Gasteiger charge is 2.15. The van der Waals surface area contributed by atoms with Crippen LogP contribution >= 0.6 is 34.0 Å². The zero-order chi connectivity index (χ0) is 12.8. The minimum atomic E-state index is 1.03. The van der Waals surface area contributed by atoms with Crippen LogP contribution in [-0.2, 0) is 0 Å². The molecule has 0 bridgehead atoms. The number of thiophene rings is 1. The summed E-state index contributed by atoms with van der Waals surface area (Å²) in [6, 6.07) is 2.10. The molecular formula is C13H9N3S3. The lowest BCUT2D eigenvalue weighted by Gasteiger charge is -1.95. The normalized spacial score (nSPS) is 11.4. The number of hydrogen-bond donors (Lipinski definition) is 0. The van der Waals surface area contributed by atoms with E-state index in [1.54, 1.807) is 34.0 Å². The molecule has 0 aromatic carbocycles. The monoisotopic (exact) mass is 303 g/mol. The molecule has 4 aromatic heterocycles. The Morgan fingerprint density at radius 2 is 2.05 bits per heavy atom. The molecule has 4 heterocycles. The largest absolute Gasteiger partial charge is 0.288 e. The Bertz CT molecular complexity index is 836. The van der Waals surface area contributed by atoms with E-state index in [2.05, 4.69) is 43.2 Å². The molecule has 0 aliphatic rings. The minimum Gasteiger partial charge on any atom is -0.288 e. The van der Waals surface area contributed by atoms with Gasteiger partial charge in [0.2, 0.25) is 0 Å². The summed E-state index contributed by atoms with van der Waals surface area (Å²) in [7, 11) is 0. The Kier molecular flexibility index (Phi) is 2.54. The zero-order valence-electron chi connectivity index (χ0n) is 10.0. The fourth-order valence-electron chi connectivity index (χ4n) is 2.08. The van der Waals surface area contributed by atoms with Gasteiger partial charge in [-0.15, -0.1) is 22.7 Å². The number of rotatable bonds is 2. The van der Waals surface area contributed by atoms with Gasteiger partial charge in [0.05, 0.1) is 11.4 Å². The fourth-order valence-corrected chi connectivity index (χ4v) is 4.41. The van der Waals surface area contributed by atoms with Gasteiger partial charge < -0.3 is 0 Å². The van der Waals surface area contributed by atoms with Gasteiger partial charge in [-0.3, -0.25) is 4.40 Å². The Labute approximate surface area is 121 Å². The number of imidazole rings is 1. The van der Waals surface area contributed by atoms with Crippen LogP contribution in [0, 0.1) is 6.92 Å². The van der Waals surface area contributed by atoms with Gasteiger partial charge in [-0.25, -0.2) is 9.97 Å². The summed E-state index contributed by atoms with van der Waals surface area (Å²) in [6.45, 7) is 2.04. The quantitative estimate of drug-likeness (QED) is 0.543. The van der Waals surface area contributed by atoms with Crippen LogP contribution in [0.4, 0.5) is 0 Å². The molecule has 6 heteroatoms. The standard InChI is InChI=1S/C13H9N3S3/c1-8-11(16-3-5-18-13(16)14-8)12-15-10(7-19-12)9-2-4-17-6-9/h2-7H,1H3. The molecule has 0 amide bonds. The number of aryl methyl sites for hydroxylation is 1. The molecule has 94 valence electrons. The molecule has 0 atom stereocenters. The van der Waals surface area contributed by atoms with Crippen LogP contribution in [0.25, 0.3) is 26.9 Å². The molecule has 0 fully saturated rings. The average Bonchev–Trinajstić information content (AvgIpc) is 3.11. The lowest BCUT2D eigenvalue weighted by atomic mass is 10.3. The van der Waals surface area contributed by atoms with Gasteiger partial charge in [0.15, 0.2) is 4.96 Å². The van der Waals surface area contributed by atoms with Gasteiger partial charge in [-0.05, 0) is 18.4 Å². The maximum atomic E-state index is 4.75. The van der Waals surface area contributed by atoms with Crippen LogP contribution in [0.1, 0.15) is 5.69 Å². The second-order valence-corrected chi connectivity index (χ2v) is 6.66. The molecule has 3 nitrogen and oxygen atoms in total. The number of hydrogen-bond acceptors (Lipinski definition) is 5. The Morgan fingerprint density at radius 1 is 1.11 bits per heavy atom. The van der Waals surface area contributed by atoms with Crippen LogP contribution < -0.4 is 0 Å². The first-order valence-electron chi connectivity index (χ1n) is 5.73. The molecule has 0 aliphatic heterocycles. The summed E-state index contributed by atoms with van der Waals surface area (Å²) in [5.41, 5.74) is 4.39. The second-order valence-electron chi connectivity index (χ2n) is 4.15. The first-order chi connectivity index (χ1) is 9.33. The van der Waals surface area contributed by atoms with Crippen molar-refractivity contribution in [1.82, 2.24) is 14.4 Å². The molecule has 0 aliphatic carbocycles. The topological polar surface area (TPSA) is 30.2 Å². The molecule has 0 unspecified atom stereocenters. The molecule has 0 saturated heterocycles. The van der Waals surface area contributed by atoms with Gasteiger partial charge in [0.1, 0.15) is 10.7 Å². The number of nitrogens with zero attached hydrogens (tertiary/aromatic N) is 3. The van der Waals surface area contributed by atoms with Crippen LogP contribution in [0.2, 0.25) is 0 Å². The van der Waals surface area contributed by atoms with Crippen LogP contribution in [0.5, 0.6) is 0 Å². The lowest BCUT2D eigenvalue weighted by Crippen LogP contribution is -1.85. The van der Waals surface area contributed by atoms with Gasteiger partial charge in [0, 0.05) is 27.9 Å². The van der Waals surface area contributed by atoms with Crippen molar-refractivity contribution in [3.8, 4) is 22.0 Å². The number of fused-ring (bicyclic) bond motifs is 1. The maximum absolute atomic E-state index is 4.75. The van der Waals surface area contributed by atoms with Crippen molar-refractivity contribution in [3.05, 3.63) is 39.5 Å². The molecule has 0 N–H and O–H groups in total. The van der Waals surface area contributed by atoms with Crippen molar-refractivity contribution >= 4 is 39.0 Å². The van der Waals surface area contributed by atoms with Crippen molar-refractivity contribution in [3.63, 3.8) is 0 Å². The molecule has 4 aromatic rings. The predicted molar refractivity (Wildman–Crippen MR) is 82.2 cm³/mol. The SMILES string of the molecule is Cc1nc2sccn2c1-c1nc(-c2ccsc2)cs1. The van der Waals surface area contributed by atoms with E-state index in [1.807, 2.05) is 6.92 Å². The smallest absolute Gasteiger partial charge is 0.194 e. The zero-order valence-corrected chi connectivity index (χ0v) is 12.5. The van der Waals surface area contributed by atoms with Crippen LogP contribution in [0.3, 0.4) is 0 Å². The number of aromatic nitrogens is 3. The molecule has 19 heavy (non-hydrogen) atoms. The molecule has 0 radical (unpaired) electrons. The van der Waals surface area contributed by atoms with Gasteiger partial charge >= 0.3 is 0 Å². The van der Waals surface area contributed by atoms with E-state index >= 15 is 0 Å². The first kappa shape index (κ1) is 11.3. The van der Waals surface area contributed by atoms with E-state index < -0.39 is 0 Å².